The minimum Gasteiger partial charge on any atom is -0.508 e. The fourth-order valence-electron chi connectivity index (χ4n) is 7.07. The van der Waals surface area contributed by atoms with E-state index in [1.54, 1.807) is 18.2 Å². The molecule has 2 bridgehead atoms. The number of likely N-dealkylation sites (tertiary alicyclic amines) is 1. The minimum atomic E-state index is -0.637. The zero-order valence-corrected chi connectivity index (χ0v) is 23.4. The van der Waals surface area contributed by atoms with Crippen molar-refractivity contribution in [3.8, 4) is 28.9 Å². The van der Waals surface area contributed by atoms with E-state index in [2.05, 4.69) is 27.1 Å². The normalized spacial score (nSPS) is 25.4. The van der Waals surface area contributed by atoms with E-state index < -0.39 is 5.82 Å². The van der Waals surface area contributed by atoms with E-state index in [1.807, 2.05) is 6.07 Å². The van der Waals surface area contributed by atoms with Crippen LogP contribution in [0.15, 0.2) is 30.3 Å². The van der Waals surface area contributed by atoms with E-state index in [-0.39, 0.29) is 47.0 Å². The largest absolute Gasteiger partial charge is 0.508 e. The van der Waals surface area contributed by atoms with Crippen molar-refractivity contribution in [2.24, 2.45) is 0 Å². The first kappa shape index (κ1) is 25.3. The average molecular weight is 577 g/mol. The standard InChI is InChI=1S/C30H30ClFN6O3/c1-37-9-3-5-17(37)13-41-30-35-27-24-28(36-30)38-12-16-7-8-21(33-16)22(38)14-40-29(24)34-26(25(27)32)19-11-18(39)10-15-4-2-6-20(31)23(15)19/h2,4,6,10-11,16-17,21-22,33,39H,3,5,7-9,12-14H2,1H3. The van der Waals surface area contributed by atoms with Crippen LogP contribution in [-0.4, -0.2) is 82.5 Å². The minimum absolute atomic E-state index is 0.00661. The Labute approximate surface area is 241 Å². The molecular weight excluding hydrogens is 547 g/mol. The second-order valence-corrected chi connectivity index (χ2v) is 12.0. The summed E-state index contributed by atoms with van der Waals surface area (Å²) in [6.45, 7) is 2.55. The van der Waals surface area contributed by atoms with E-state index in [0.29, 0.717) is 51.8 Å². The highest BCUT2D eigenvalue weighted by atomic mass is 35.5. The summed E-state index contributed by atoms with van der Waals surface area (Å²) in [7, 11) is 2.09. The maximum absolute atomic E-state index is 16.7. The third-order valence-corrected chi connectivity index (χ3v) is 9.49. The molecule has 9 nitrogen and oxygen atoms in total. The lowest BCUT2D eigenvalue weighted by molar-refractivity contribution is 0.188. The van der Waals surface area contributed by atoms with Crippen LogP contribution in [0, 0.1) is 5.82 Å². The lowest BCUT2D eigenvalue weighted by Crippen LogP contribution is -2.60. The van der Waals surface area contributed by atoms with Crippen LogP contribution in [0.25, 0.3) is 32.9 Å². The second kappa shape index (κ2) is 9.54. The predicted octanol–water partition coefficient (Wildman–Crippen LogP) is 4.52. The van der Waals surface area contributed by atoms with Gasteiger partial charge in [0.2, 0.25) is 5.88 Å². The second-order valence-electron chi connectivity index (χ2n) is 11.6. The SMILES string of the molecule is CN1CCCC1COc1nc2c3c(nc(-c4cc(O)cc5cccc(Cl)c45)c(F)c3n1)OCC1C3CCC(CN21)N3. The number of aromatic nitrogens is 3. The molecule has 0 saturated carbocycles. The van der Waals surface area contributed by atoms with Gasteiger partial charge in [0.25, 0.3) is 0 Å². The number of phenols is 1. The number of aromatic hydroxyl groups is 1. The van der Waals surface area contributed by atoms with Crippen molar-refractivity contribution in [1.82, 2.24) is 25.2 Å². The summed E-state index contributed by atoms with van der Waals surface area (Å²) in [5.74, 6) is 0.206. The van der Waals surface area contributed by atoms with Gasteiger partial charge < -0.3 is 29.7 Å². The van der Waals surface area contributed by atoms with Crippen molar-refractivity contribution in [3.05, 3.63) is 41.2 Å². The summed E-state index contributed by atoms with van der Waals surface area (Å²) in [4.78, 5) is 18.7. The molecule has 0 aliphatic carbocycles. The number of pyridine rings is 1. The molecule has 0 spiro atoms. The number of fused-ring (bicyclic) bond motifs is 6. The van der Waals surface area contributed by atoms with Crippen molar-refractivity contribution in [3.63, 3.8) is 0 Å². The molecule has 6 heterocycles. The Hall–Kier alpha value is -3.47. The Bertz CT molecular complexity index is 1700. The molecule has 41 heavy (non-hydrogen) atoms. The van der Waals surface area contributed by atoms with Crippen molar-refractivity contribution in [2.75, 3.05) is 38.3 Å². The van der Waals surface area contributed by atoms with Gasteiger partial charge in [-0.1, -0.05) is 23.7 Å². The molecule has 0 amide bonds. The van der Waals surface area contributed by atoms with Crippen molar-refractivity contribution in [1.29, 1.82) is 0 Å². The number of rotatable bonds is 4. The monoisotopic (exact) mass is 576 g/mol. The van der Waals surface area contributed by atoms with Crippen molar-refractivity contribution < 1.29 is 19.0 Å². The Balaban J connectivity index is 1.34. The molecule has 11 heteroatoms. The summed E-state index contributed by atoms with van der Waals surface area (Å²) in [6.07, 6.45) is 4.27. The number of piperazine rings is 1. The molecule has 2 N–H and O–H groups in total. The summed E-state index contributed by atoms with van der Waals surface area (Å²) in [5.41, 5.74) is 0.453. The molecule has 212 valence electrons. The van der Waals surface area contributed by atoms with Gasteiger partial charge in [-0.2, -0.15) is 9.97 Å². The van der Waals surface area contributed by atoms with E-state index >= 15 is 4.39 Å². The third kappa shape index (κ3) is 4.06. The number of nitrogens with zero attached hydrogens (tertiary/aromatic N) is 5. The zero-order chi connectivity index (χ0) is 27.8. The lowest BCUT2D eigenvalue weighted by Gasteiger charge is -2.40. The Morgan fingerprint density at radius 3 is 2.93 bits per heavy atom. The number of phenolic OH excluding ortho intramolecular Hbond substituents is 1. The van der Waals surface area contributed by atoms with Crippen LogP contribution >= 0.6 is 11.6 Å². The van der Waals surface area contributed by atoms with Gasteiger partial charge in [-0.3, -0.25) is 0 Å². The van der Waals surface area contributed by atoms with Crippen molar-refractivity contribution >= 4 is 39.1 Å². The molecule has 2 aromatic heterocycles. The van der Waals surface area contributed by atoms with Gasteiger partial charge in [-0.05, 0) is 62.9 Å². The predicted molar refractivity (Wildman–Crippen MR) is 155 cm³/mol. The smallest absolute Gasteiger partial charge is 0.319 e. The molecule has 4 aromatic rings. The zero-order valence-electron chi connectivity index (χ0n) is 22.6. The first-order chi connectivity index (χ1) is 19.9. The molecule has 2 aromatic carbocycles. The van der Waals surface area contributed by atoms with Gasteiger partial charge in [0.1, 0.15) is 41.4 Å². The van der Waals surface area contributed by atoms with E-state index in [9.17, 15) is 5.11 Å². The Kier molecular flexibility index (Phi) is 5.88. The number of nitrogens with one attached hydrogen (secondary N) is 1. The van der Waals surface area contributed by atoms with Gasteiger partial charge in [0, 0.05) is 40.6 Å². The van der Waals surface area contributed by atoms with Crippen LogP contribution in [0.1, 0.15) is 25.7 Å². The van der Waals surface area contributed by atoms with Crippen LogP contribution in [0.3, 0.4) is 0 Å². The third-order valence-electron chi connectivity index (χ3n) is 9.18. The number of benzene rings is 2. The molecular formula is C30H30ClFN6O3. The number of hydrogen-bond acceptors (Lipinski definition) is 9. The van der Waals surface area contributed by atoms with Crippen LogP contribution < -0.4 is 19.7 Å². The summed E-state index contributed by atoms with van der Waals surface area (Å²) < 4.78 is 29.3. The Morgan fingerprint density at radius 2 is 2.07 bits per heavy atom. The topological polar surface area (TPSA) is 95.9 Å². The van der Waals surface area contributed by atoms with E-state index in [4.69, 9.17) is 31.0 Å². The fourth-order valence-corrected chi connectivity index (χ4v) is 7.36. The molecule has 4 aliphatic rings. The Morgan fingerprint density at radius 1 is 1.17 bits per heavy atom. The maximum atomic E-state index is 16.7. The van der Waals surface area contributed by atoms with Crippen molar-refractivity contribution in [2.45, 2.75) is 49.9 Å². The van der Waals surface area contributed by atoms with Gasteiger partial charge in [-0.25, -0.2) is 9.37 Å². The van der Waals surface area contributed by atoms with Gasteiger partial charge in [0.05, 0.1) is 6.04 Å². The van der Waals surface area contributed by atoms with E-state index in [1.165, 1.54) is 6.07 Å². The highest BCUT2D eigenvalue weighted by Gasteiger charge is 2.44. The van der Waals surface area contributed by atoms with Gasteiger partial charge in [-0.15, -0.1) is 0 Å². The van der Waals surface area contributed by atoms with Crippen LogP contribution in [0.4, 0.5) is 10.2 Å². The lowest BCUT2D eigenvalue weighted by atomic mass is 10.00. The number of likely N-dealkylation sites (N-methyl/N-ethyl adjacent to an activating group) is 1. The van der Waals surface area contributed by atoms with Crippen LogP contribution in [0.5, 0.6) is 17.6 Å². The first-order valence-corrected chi connectivity index (χ1v) is 14.6. The van der Waals surface area contributed by atoms with Crippen LogP contribution in [-0.2, 0) is 0 Å². The molecule has 8 rings (SSSR count). The molecule has 4 unspecified atom stereocenters. The summed E-state index contributed by atoms with van der Waals surface area (Å²) in [5, 5.41) is 16.4. The number of anilines is 1. The molecule has 3 fully saturated rings. The average Bonchev–Trinajstić information content (AvgIpc) is 3.52. The molecule has 3 saturated heterocycles. The summed E-state index contributed by atoms with van der Waals surface area (Å²) >= 11 is 6.60. The van der Waals surface area contributed by atoms with Crippen LogP contribution in [0.2, 0.25) is 5.02 Å². The molecule has 4 aliphatic heterocycles. The van der Waals surface area contributed by atoms with E-state index in [0.717, 1.165) is 38.8 Å². The summed E-state index contributed by atoms with van der Waals surface area (Å²) in [6, 6.07) is 9.41. The van der Waals surface area contributed by atoms with Gasteiger partial charge >= 0.3 is 6.01 Å². The fraction of sp³-hybridized carbons (Fsp3) is 0.433. The first-order valence-electron chi connectivity index (χ1n) is 14.3. The number of hydrogen-bond donors (Lipinski definition) is 2. The van der Waals surface area contributed by atoms with Gasteiger partial charge in [0.15, 0.2) is 5.82 Å². The quantitative estimate of drug-likeness (QED) is 0.363. The maximum Gasteiger partial charge on any atom is 0.319 e. The highest BCUT2D eigenvalue weighted by molar-refractivity contribution is 6.36. The molecule has 0 radical (unpaired) electrons. The molecule has 4 atom stereocenters. The number of ether oxygens (including phenoxy) is 2. The number of halogens is 2. The highest BCUT2D eigenvalue weighted by Crippen LogP contribution is 2.45.